The molecule has 0 N–H and O–H groups in total. The van der Waals surface area contributed by atoms with E-state index in [2.05, 4.69) is 16.5 Å². The molecule has 0 saturated heterocycles. The van der Waals surface area contributed by atoms with Gasteiger partial charge < -0.3 is 4.57 Å². The van der Waals surface area contributed by atoms with Crippen molar-refractivity contribution in [2.75, 3.05) is 0 Å². The summed E-state index contributed by atoms with van der Waals surface area (Å²) in [7, 11) is 0. The first-order chi connectivity index (χ1) is 9.69. The van der Waals surface area contributed by atoms with Gasteiger partial charge in [-0.15, -0.1) is 0 Å². The zero-order valence-electron chi connectivity index (χ0n) is 11.1. The Balaban J connectivity index is 2.09. The van der Waals surface area contributed by atoms with Gasteiger partial charge in [-0.05, 0) is 24.3 Å². The lowest BCUT2D eigenvalue weighted by atomic mass is 10.2. The monoisotopic (exact) mass is 288 g/mol. The second-order valence-corrected chi connectivity index (χ2v) is 5.13. The minimum atomic E-state index is -0.280. The highest BCUT2D eigenvalue weighted by atomic mass is 35.5. The Bertz CT molecular complexity index is 764. The number of benzene rings is 2. The van der Waals surface area contributed by atoms with Crippen LogP contribution in [0.2, 0.25) is 5.02 Å². The van der Waals surface area contributed by atoms with Crippen molar-refractivity contribution in [2.24, 2.45) is 0 Å². The Morgan fingerprint density at radius 2 is 2.00 bits per heavy atom. The number of para-hydroxylation sites is 2. The summed E-state index contributed by atoms with van der Waals surface area (Å²) in [5.41, 5.74) is 2.59. The Hall–Kier alpha value is -1.87. The van der Waals surface area contributed by atoms with E-state index in [0.717, 1.165) is 23.3 Å². The van der Waals surface area contributed by atoms with Crippen molar-refractivity contribution < 1.29 is 4.39 Å². The Kier molecular flexibility index (Phi) is 3.45. The van der Waals surface area contributed by atoms with Gasteiger partial charge in [0.05, 0.1) is 17.6 Å². The second kappa shape index (κ2) is 5.25. The van der Waals surface area contributed by atoms with Crippen LogP contribution in [-0.4, -0.2) is 9.55 Å². The van der Waals surface area contributed by atoms with Gasteiger partial charge in [0.1, 0.15) is 11.6 Å². The third-order valence-corrected chi connectivity index (χ3v) is 3.63. The van der Waals surface area contributed by atoms with Crippen molar-refractivity contribution in [3.8, 4) is 0 Å². The Morgan fingerprint density at radius 1 is 1.20 bits per heavy atom. The van der Waals surface area contributed by atoms with E-state index in [4.69, 9.17) is 11.6 Å². The molecule has 1 aromatic heterocycles. The minimum Gasteiger partial charge on any atom is -0.323 e. The van der Waals surface area contributed by atoms with E-state index >= 15 is 0 Å². The van der Waals surface area contributed by atoms with Crippen LogP contribution in [0.15, 0.2) is 42.5 Å². The third kappa shape index (κ3) is 2.29. The van der Waals surface area contributed by atoms with Crippen LogP contribution >= 0.6 is 11.6 Å². The van der Waals surface area contributed by atoms with Gasteiger partial charge in [0.15, 0.2) is 0 Å². The molecule has 1 heterocycles. The lowest BCUT2D eigenvalue weighted by molar-refractivity contribution is 0.598. The van der Waals surface area contributed by atoms with E-state index in [1.165, 1.54) is 6.07 Å². The van der Waals surface area contributed by atoms with Crippen molar-refractivity contribution in [1.82, 2.24) is 9.55 Å². The van der Waals surface area contributed by atoms with Gasteiger partial charge >= 0.3 is 0 Å². The van der Waals surface area contributed by atoms with E-state index in [-0.39, 0.29) is 5.82 Å². The van der Waals surface area contributed by atoms with Gasteiger partial charge in [0, 0.05) is 17.0 Å². The van der Waals surface area contributed by atoms with E-state index in [0.29, 0.717) is 17.1 Å². The SMILES string of the molecule is CCc1nc2ccccc2n1Cc1ccc(Cl)cc1F. The number of aromatic nitrogens is 2. The molecule has 0 amide bonds. The molecule has 2 aromatic carbocycles. The molecule has 0 aliphatic carbocycles. The molecule has 0 atom stereocenters. The maximum absolute atomic E-state index is 14.0. The van der Waals surface area contributed by atoms with Gasteiger partial charge in [-0.1, -0.05) is 36.7 Å². The van der Waals surface area contributed by atoms with Crippen molar-refractivity contribution in [3.05, 3.63) is 64.7 Å². The van der Waals surface area contributed by atoms with Crippen molar-refractivity contribution >= 4 is 22.6 Å². The summed E-state index contributed by atoms with van der Waals surface area (Å²) in [5.74, 6) is 0.679. The molecule has 0 bridgehead atoms. The summed E-state index contributed by atoms with van der Waals surface area (Å²) >= 11 is 5.79. The quantitative estimate of drug-likeness (QED) is 0.697. The van der Waals surface area contributed by atoms with Gasteiger partial charge in [-0.3, -0.25) is 0 Å². The summed E-state index contributed by atoms with van der Waals surface area (Å²) in [6, 6.07) is 12.7. The van der Waals surface area contributed by atoms with Gasteiger partial charge in [-0.25, -0.2) is 9.37 Å². The standard InChI is InChI=1S/C16H14ClFN2/c1-2-16-19-14-5-3-4-6-15(14)20(16)10-11-7-8-12(17)9-13(11)18/h3-9H,2,10H2,1H3. The molecule has 102 valence electrons. The number of aryl methyl sites for hydroxylation is 1. The number of nitrogens with zero attached hydrogens (tertiary/aromatic N) is 2. The smallest absolute Gasteiger partial charge is 0.129 e. The Morgan fingerprint density at radius 3 is 2.75 bits per heavy atom. The topological polar surface area (TPSA) is 17.8 Å². The molecule has 0 radical (unpaired) electrons. The molecule has 0 saturated carbocycles. The molecule has 0 aliphatic heterocycles. The van der Waals surface area contributed by atoms with Crippen LogP contribution in [0.5, 0.6) is 0 Å². The lowest BCUT2D eigenvalue weighted by Crippen LogP contribution is -2.06. The Labute approximate surface area is 121 Å². The molecule has 3 aromatic rings. The summed E-state index contributed by atoms with van der Waals surface area (Å²) in [6.45, 7) is 2.52. The van der Waals surface area contributed by atoms with Crippen molar-refractivity contribution in [3.63, 3.8) is 0 Å². The molecular weight excluding hydrogens is 275 g/mol. The molecule has 0 aliphatic rings. The minimum absolute atomic E-state index is 0.280. The predicted molar refractivity (Wildman–Crippen MR) is 79.6 cm³/mol. The maximum atomic E-state index is 14.0. The van der Waals surface area contributed by atoms with Crippen LogP contribution in [0.1, 0.15) is 18.3 Å². The summed E-state index contributed by atoms with van der Waals surface area (Å²) < 4.78 is 16.0. The average molecular weight is 289 g/mol. The van der Waals surface area contributed by atoms with E-state index in [1.807, 2.05) is 24.3 Å². The molecular formula is C16H14ClFN2. The lowest BCUT2D eigenvalue weighted by Gasteiger charge is -2.09. The molecule has 0 fully saturated rings. The maximum Gasteiger partial charge on any atom is 0.129 e. The first-order valence-corrected chi connectivity index (χ1v) is 6.95. The van der Waals surface area contributed by atoms with Crippen molar-refractivity contribution in [2.45, 2.75) is 19.9 Å². The normalized spacial score (nSPS) is 11.2. The number of rotatable bonds is 3. The fraction of sp³-hybridized carbons (Fsp3) is 0.188. The second-order valence-electron chi connectivity index (χ2n) is 4.69. The summed E-state index contributed by atoms with van der Waals surface area (Å²) in [6.07, 6.45) is 0.809. The van der Waals surface area contributed by atoms with E-state index < -0.39 is 0 Å². The van der Waals surface area contributed by atoms with Crippen LogP contribution in [-0.2, 0) is 13.0 Å². The van der Waals surface area contributed by atoms with Crippen molar-refractivity contribution in [1.29, 1.82) is 0 Å². The molecule has 20 heavy (non-hydrogen) atoms. The van der Waals surface area contributed by atoms with Crippen LogP contribution in [0, 0.1) is 5.82 Å². The highest BCUT2D eigenvalue weighted by Crippen LogP contribution is 2.21. The van der Waals surface area contributed by atoms with Gasteiger partial charge in [0.2, 0.25) is 0 Å². The number of hydrogen-bond donors (Lipinski definition) is 0. The van der Waals surface area contributed by atoms with Gasteiger partial charge in [0.25, 0.3) is 0 Å². The van der Waals surface area contributed by atoms with Crippen LogP contribution in [0.3, 0.4) is 0 Å². The summed E-state index contributed by atoms with van der Waals surface area (Å²) in [4.78, 5) is 4.59. The highest BCUT2D eigenvalue weighted by Gasteiger charge is 2.11. The molecule has 3 rings (SSSR count). The fourth-order valence-corrected chi connectivity index (χ4v) is 2.55. The largest absolute Gasteiger partial charge is 0.323 e. The zero-order chi connectivity index (χ0) is 14.1. The first-order valence-electron chi connectivity index (χ1n) is 6.57. The number of halogens is 2. The average Bonchev–Trinajstić information content (AvgIpc) is 2.80. The van der Waals surface area contributed by atoms with E-state index in [1.54, 1.807) is 12.1 Å². The third-order valence-electron chi connectivity index (χ3n) is 3.39. The predicted octanol–water partition coefficient (Wildman–Crippen LogP) is 4.44. The summed E-state index contributed by atoms with van der Waals surface area (Å²) in [5, 5.41) is 0.414. The number of hydrogen-bond acceptors (Lipinski definition) is 1. The fourth-order valence-electron chi connectivity index (χ4n) is 2.39. The zero-order valence-corrected chi connectivity index (χ0v) is 11.9. The van der Waals surface area contributed by atoms with Crippen LogP contribution in [0.4, 0.5) is 4.39 Å². The molecule has 2 nitrogen and oxygen atoms in total. The molecule has 0 spiro atoms. The van der Waals surface area contributed by atoms with Crippen LogP contribution in [0.25, 0.3) is 11.0 Å². The first kappa shape index (κ1) is 13.1. The number of fused-ring (bicyclic) bond motifs is 1. The van der Waals surface area contributed by atoms with E-state index in [9.17, 15) is 4.39 Å². The molecule has 0 unspecified atom stereocenters. The van der Waals surface area contributed by atoms with Crippen LogP contribution < -0.4 is 0 Å². The molecule has 4 heteroatoms. The number of imidazole rings is 1. The van der Waals surface area contributed by atoms with Gasteiger partial charge in [-0.2, -0.15) is 0 Å². The highest BCUT2D eigenvalue weighted by molar-refractivity contribution is 6.30.